The second-order valence-corrected chi connectivity index (χ2v) is 9.77. The summed E-state index contributed by atoms with van der Waals surface area (Å²) >= 11 is 3.51. The zero-order valence-electron chi connectivity index (χ0n) is 21.2. The van der Waals surface area contributed by atoms with Crippen LogP contribution in [0.15, 0.2) is 89.0 Å². The van der Waals surface area contributed by atoms with E-state index in [9.17, 15) is 18.8 Å². The number of urea groups is 1. The minimum absolute atomic E-state index is 0.0255. The van der Waals surface area contributed by atoms with E-state index in [1.54, 1.807) is 18.2 Å². The molecule has 4 aromatic carbocycles. The lowest BCUT2D eigenvalue weighted by Gasteiger charge is -2.14. The van der Waals surface area contributed by atoms with Crippen molar-refractivity contribution >= 4 is 56.3 Å². The first-order chi connectivity index (χ1) is 19.3. The smallest absolute Gasteiger partial charge is 0.329 e. The van der Waals surface area contributed by atoms with Gasteiger partial charge in [0.2, 0.25) is 5.91 Å². The Balaban J connectivity index is 1.29. The fourth-order valence-electron chi connectivity index (χ4n) is 4.23. The van der Waals surface area contributed by atoms with Gasteiger partial charge in [-0.25, -0.2) is 14.1 Å². The normalized spacial score (nSPS) is 14.0. The van der Waals surface area contributed by atoms with Gasteiger partial charge in [-0.2, -0.15) is 0 Å². The molecule has 0 spiro atoms. The Morgan fingerprint density at radius 3 is 2.55 bits per heavy atom. The van der Waals surface area contributed by atoms with Gasteiger partial charge >= 0.3 is 6.03 Å². The zero-order chi connectivity index (χ0) is 28.2. The van der Waals surface area contributed by atoms with E-state index >= 15 is 0 Å². The van der Waals surface area contributed by atoms with Crippen LogP contribution in [0.4, 0.5) is 14.9 Å². The van der Waals surface area contributed by atoms with Crippen molar-refractivity contribution in [3.05, 3.63) is 106 Å². The van der Waals surface area contributed by atoms with E-state index in [0.29, 0.717) is 28.1 Å². The summed E-state index contributed by atoms with van der Waals surface area (Å²) in [5.41, 5.74) is 1.46. The standard InChI is InChI=1S/C30H23BrFN3O5/c1-39-26-15-19(13-22(31)28(26)40-17-18-10-11-20-6-2-3-7-21(20)12-18)14-25-29(37)35(30(38)34-25)16-27(36)33-24-9-5-4-8-23(24)32/h2-15H,16-17H2,1H3,(H,33,36)(H,34,38)/b25-14+. The molecule has 1 fully saturated rings. The van der Waals surface area contributed by atoms with Crippen LogP contribution < -0.4 is 20.1 Å². The third kappa shape index (κ3) is 5.81. The summed E-state index contributed by atoms with van der Waals surface area (Å²) in [5, 5.41) is 7.08. The number of anilines is 1. The minimum Gasteiger partial charge on any atom is -0.493 e. The maximum Gasteiger partial charge on any atom is 0.329 e. The monoisotopic (exact) mass is 603 g/mol. The SMILES string of the molecule is COc1cc(/C=C2/NC(=O)N(CC(=O)Nc3ccccc3F)C2=O)cc(Br)c1OCc1ccc2ccccc2c1. The molecule has 10 heteroatoms. The number of para-hydroxylation sites is 1. The molecule has 1 aliphatic rings. The van der Waals surface area contributed by atoms with Crippen molar-refractivity contribution in [3.63, 3.8) is 0 Å². The van der Waals surface area contributed by atoms with Crippen LogP contribution in [0.2, 0.25) is 0 Å². The molecule has 5 rings (SSSR count). The molecular formula is C30H23BrFN3O5. The summed E-state index contributed by atoms with van der Waals surface area (Å²) in [6, 6.07) is 22.4. The van der Waals surface area contributed by atoms with Gasteiger partial charge in [-0.15, -0.1) is 0 Å². The van der Waals surface area contributed by atoms with Crippen LogP contribution >= 0.6 is 15.9 Å². The number of benzene rings is 4. The van der Waals surface area contributed by atoms with Gasteiger partial charge in [0.25, 0.3) is 5.91 Å². The van der Waals surface area contributed by atoms with Crippen molar-refractivity contribution in [2.24, 2.45) is 0 Å². The van der Waals surface area contributed by atoms with E-state index in [-0.39, 0.29) is 11.4 Å². The molecule has 0 unspecified atom stereocenters. The van der Waals surface area contributed by atoms with Crippen LogP contribution in [0.3, 0.4) is 0 Å². The van der Waals surface area contributed by atoms with Crippen molar-refractivity contribution in [1.82, 2.24) is 10.2 Å². The molecule has 202 valence electrons. The van der Waals surface area contributed by atoms with Crippen molar-refractivity contribution in [2.45, 2.75) is 6.61 Å². The number of hydrogen-bond donors (Lipinski definition) is 2. The van der Waals surface area contributed by atoms with Crippen molar-refractivity contribution in [2.75, 3.05) is 19.0 Å². The highest BCUT2D eigenvalue weighted by Gasteiger charge is 2.35. The highest BCUT2D eigenvalue weighted by molar-refractivity contribution is 9.10. The molecule has 1 aliphatic heterocycles. The van der Waals surface area contributed by atoms with Crippen LogP contribution in [0, 0.1) is 5.82 Å². The average Bonchev–Trinajstić information content (AvgIpc) is 3.20. The molecule has 0 saturated carbocycles. The van der Waals surface area contributed by atoms with Crippen LogP contribution in [-0.4, -0.2) is 36.4 Å². The van der Waals surface area contributed by atoms with Gasteiger partial charge in [-0.05, 0) is 74.2 Å². The topological polar surface area (TPSA) is 97.0 Å². The third-order valence-electron chi connectivity index (χ3n) is 6.17. The van der Waals surface area contributed by atoms with E-state index in [1.807, 2.05) is 36.4 Å². The number of fused-ring (bicyclic) bond motifs is 1. The van der Waals surface area contributed by atoms with Crippen molar-refractivity contribution in [1.29, 1.82) is 0 Å². The number of nitrogens with one attached hydrogen (secondary N) is 2. The number of rotatable bonds is 8. The average molecular weight is 604 g/mol. The highest BCUT2D eigenvalue weighted by Crippen LogP contribution is 2.38. The predicted octanol–water partition coefficient (Wildman–Crippen LogP) is 5.86. The van der Waals surface area contributed by atoms with Crippen molar-refractivity contribution < 1.29 is 28.2 Å². The lowest BCUT2D eigenvalue weighted by molar-refractivity contribution is -0.127. The molecule has 0 aliphatic carbocycles. The van der Waals surface area contributed by atoms with E-state index in [2.05, 4.69) is 32.6 Å². The highest BCUT2D eigenvalue weighted by atomic mass is 79.9. The minimum atomic E-state index is -0.763. The van der Waals surface area contributed by atoms with E-state index in [0.717, 1.165) is 21.2 Å². The summed E-state index contributed by atoms with van der Waals surface area (Å²) in [7, 11) is 1.50. The van der Waals surface area contributed by atoms with Crippen LogP contribution in [0.25, 0.3) is 16.8 Å². The number of hydrogen-bond acceptors (Lipinski definition) is 5. The largest absolute Gasteiger partial charge is 0.493 e. The summed E-state index contributed by atoms with van der Waals surface area (Å²) in [5.74, 6) is -1.14. The Labute approximate surface area is 237 Å². The number of amides is 4. The number of nitrogens with zero attached hydrogens (tertiary/aromatic N) is 1. The first-order valence-corrected chi connectivity index (χ1v) is 13.0. The molecule has 0 radical (unpaired) electrons. The number of imide groups is 1. The first-order valence-electron chi connectivity index (χ1n) is 12.2. The maximum absolute atomic E-state index is 13.8. The Kier molecular flexibility index (Phi) is 7.79. The number of ether oxygens (including phenoxy) is 2. The first kappa shape index (κ1) is 26.9. The molecule has 4 amide bonds. The Morgan fingerprint density at radius 1 is 1.02 bits per heavy atom. The Hall–Kier alpha value is -4.70. The third-order valence-corrected chi connectivity index (χ3v) is 6.76. The van der Waals surface area contributed by atoms with Crippen LogP contribution in [0.5, 0.6) is 11.5 Å². The van der Waals surface area contributed by atoms with Gasteiger partial charge in [-0.1, -0.05) is 48.5 Å². The molecular weight excluding hydrogens is 581 g/mol. The number of halogens is 2. The van der Waals surface area contributed by atoms with Gasteiger partial charge in [0.05, 0.1) is 17.3 Å². The van der Waals surface area contributed by atoms with Crippen LogP contribution in [-0.2, 0) is 16.2 Å². The summed E-state index contributed by atoms with van der Waals surface area (Å²) in [4.78, 5) is 38.4. The second kappa shape index (κ2) is 11.6. The number of carbonyl (C=O) groups excluding carboxylic acids is 3. The van der Waals surface area contributed by atoms with Gasteiger partial charge in [0.15, 0.2) is 11.5 Å². The zero-order valence-corrected chi connectivity index (χ0v) is 22.8. The number of carbonyl (C=O) groups is 3. The van der Waals surface area contributed by atoms with Gasteiger partial charge < -0.3 is 20.1 Å². The quantitative estimate of drug-likeness (QED) is 0.194. The number of methoxy groups -OCH3 is 1. The van der Waals surface area contributed by atoms with E-state index < -0.39 is 30.2 Å². The lowest BCUT2D eigenvalue weighted by atomic mass is 10.1. The van der Waals surface area contributed by atoms with Gasteiger partial charge in [-0.3, -0.25) is 9.59 Å². The molecule has 1 heterocycles. The fraction of sp³-hybridized carbons (Fsp3) is 0.100. The summed E-state index contributed by atoms with van der Waals surface area (Å²) in [6.45, 7) is -0.274. The molecule has 0 aromatic heterocycles. The van der Waals surface area contributed by atoms with E-state index in [1.165, 1.54) is 31.4 Å². The maximum atomic E-state index is 13.8. The molecule has 0 atom stereocenters. The van der Waals surface area contributed by atoms with Gasteiger partial charge in [0.1, 0.15) is 24.7 Å². The van der Waals surface area contributed by atoms with Crippen molar-refractivity contribution in [3.8, 4) is 11.5 Å². The fourth-order valence-corrected chi connectivity index (χ4v) is 4.80. The Bertz CT molecular complexity index is 1670. The molecule has 40 heavy (non-hydrogen) atoms. The lowest BCUT2D eigenvalue weighted by Crippen LogP contribution is -2.38. The predicted molar refractivity (Wildman–Crippen MR) is 152 cm³/mol. The molecule has 8 nitrogen and oxygen atoms in total. The van der Waals surface area contributed by atoms with Crippen LogP contribution in [0.1, 0.15) is 11.1 Å². The van der Waals surface area contributed by atoms with E-state index in [4.69, 9.17) is 9.47 Å². The van der Waals surface area contributed by atoms with Gasteiger partial charge in [0, 0.05) is 0 Å². The summed E-state index contributed by atoms with van der Waals surface area (Å²) < 4.78 is 26.0. The molecule has 4 aromatic rings. The Morgan fingerprint density at radius 2 is 1.77 bits per heavy atom. The molecule has 0 bridgehead atoms. The molecule has 1 saturated heterocycles. The molecule has 2 N–H and O–H groups in total. The summed E-state index contributed by atoms with van der Waals surface area (Å²) in [6.07, 6.45) is 1.47. The second-order valence-electron chi connectivity index (χ2n) is 8.91.